The predicted octanol–water partition coefficient (Wildman–Crippen LogP) is -1.16. The van der Waals surface area contributed by atoms with Crippen molar-refractivity contribution in [3.8, 4) is 11.1 Å². The lowest BCUT2D eigenvalue weighted by Crippen LogP contribution is -2.44. The summed E-state index contributed by atoms with van der Waals surface area (Å²) in [5, 5.41) is 0. The summed E-state index contributed by atoms with van der Waals surface area (Å²) >= 11 is 0. The first kappa shape index (κ1) is 12.2. The van der Waals surface area contributed by atoms with Gasteiger partial charge in [0.1, 0.15) is 31.4 Å². The Kier molecular flexibility index (Phi) is 3.24. The van der Waals surface area contributed by atoms with Crippen LogP contribution in [0.25, 0.3) is 11.1 Å². The van der Waals surface area contributed by atoms with Crippen molar-refractivity contribution in [3.05, 3.63) is 35.9 Å². The van der Waals surface area contributed by atoms with Crippen molar-refractivity contribution in [2.75, 3.05) is 0 Å². The van der Waals surface area contributed by atoms with Gasteiger partial charge < -0.3 is 0 Å². The molecule has 0 aliphatic heterocycles. The molecule has 0 fully saturated rings. The van der Waals surface area contributed by atoms with Crippen LogP contribution in [0.5, 0.6) is 0 Å². The van der Waals surface area contributed by atoms with Crippen molar-refractivity contribution in [2.45, 2.75) is 6.92 Å². The number of benzene rings is 2. The van der Waals surface area contributed by atoms with E-state index in [9.17, 15) is 0 Å². The van der Waals surface area contributed by atoms with Crippen LogP contribution < -0.4 is 21.9 Å². The molecule has 0 aliphatic rings. The molecule has 0 unspecified atom stereocenters. The number of rotatable bonds is 1. The molecule has 0 amide bonds. The van der Waals surface area contributed by atoms with Crippen molar-refractivity contribution in [1.29, 1.82) is 0 Å². The third-order valence-electron chi connectivity index (χ3n) is 2.99. The van der Waals surface area contributed by atoms with Crippen LogP contribution in [0.1, 0.15) is 5.56 Å². The fourth-order valence-corrected chi connectivity index (χ4v) is 1.88. The summed E-state index contributed by atoms with van der Waals surface area (Å²) in [7, 11) is 23.9. The van der Waals surface area contributed by atoms with Crippen molar-refractivity contribution in [1.82, 2.24) is 0 Å². The van der Waals surface area contributed by atoms with Crippen LogP contribution >= 0.6 is 0 Å². The third-order valence-corrected chi connectivity index (χ3v) is 2.99. The maximum Gasteiger partial charge on any atom is 0.113 e. The summed E-state index contributed by atoms with van der Waals surface area (Å²) in [6.07, 6.45) is 0. The maximum atomic E-state index is 6.02. The monoisotopic (exact) mass is 208 g/mol. The van der Waals surface area contributed by atoms with E-state index in [0.717, 1.165) is 11.1 Å². The second-order valence-electron chi connectivity index (χ2n) is 4.02. The van der Waals surface area contributed by atoms with Crippen LogP contribution in [0.4, 0.5) is 0 Å². The highest BCUT2D eigenvalue weighted by atomic mass is 14.1. The maximum absolute atomic E-state index is 6.02. The van der Waals surface area contributed by atoms with E-state index in [1.54, 1.807) is 0 Å². The van der Waals surface area contributed by atoms with Crippen molar-refractivity contribution >= 4 is 53.2 Å². The molecule has 2 aromatic rings. The van der Waals surface area contributed by atoms with Crippen LogP contribution in [-0.2, 0) is 0 Å². The molecule has 0 heterocycles. The van der Waals surface area contributed by atoms with Gasteiger partial charge in [0.25, 0.3) is 0 Å². The predicted molar refractivity (Wildman–Crippen MR) is 78.2 cm³/mol. The van der Waals surface area contributed by atoms with Crippen molar-refractivity contribution < 1.29 is 0 Å². The largest absolute Gasteiger partial charge is 0.113 e. The van der Waals surface area contributed by atoms with E-state index in [0.29, 0.717) is 27.4 Å². The molecule has 0 aromatic heterocycles. The molecule has 0 saturated heterocycles. The molecule has 17 heavy (non-hydrogen) atoms. The van der Waals surface area contributed by atoms with Gasteiger partial charge in [0.2, 0.25) is 0 Å². The molecule has 72 valence electrons. The standard InChI is InChI=1S/C13H8B4/c1-7-10(14)12(16)9(13(17)11(7)15)8-5-3-2-4-6-8/h2-6H,1H3. The molecule has 0 N–H and O–H groups in total. The minimum Gasteiger partial charge on any atom is -0.101 e. The quantitative estimate of drug-likeness (QED) is 0.518. The topological polar surface area (TPSA) is 0 Å². The van der Waals surface area contributed by atoms with Crippen LogP contribution in [0.2, 0.25) is 0 Å². The van der Waals surface area contributed by atoms with E-state index in [4.69, 9.17) is 31.4 Å². The molecule has 0 nitrogen and oxygen atoms in total. The summed E-state index contributed by atoms with van der Waals surface area (Å²) in [6, 6.07) is 9.62. The fraction of sp³-hybridized carbons (Fsp3) is 0.0769. The van der Waals surface area contributed by atoms with E-state index in [1.165, 1.54) is 0 Å². The first-order valence-electron chi connectivity index (χ1n) is 5.32. The Morgan fingerprint density at radius 1 is 0.706 bits per heavy atom. The summed E-state index contributed by atoms with van der Waals surface area (Å²) in [5.41, 5.74) is 4.33. The van der Waals surface area contributed by atoms with Crippen LogP contribution in [0.3, 0.4) is 0 Å². The Morgan fingerprint density at radius 2 is 1.18 bits per heavy atom. The molecule has 0 aliphatic carbocycles. The summed E-state index contributed by atoms with van der Waals surface area (Å²) in [6.45, 7) is 1.81. The van der Waals surface area contributed by atoms with E-state index >= 15 is 0 Å². The minimum absolute atomic E-state index is 0.486. The Balaban J connectivity index is 2.80. The molecule has 0 bridgehead atoms. The normalized spacial score (nSPS) is 10.4. The van der Waals surface area contributed by atoms with Gasteiger partial charge in [-0.2, -0.15) is 0 Å². The highest BCUT2D eigenvalue weighted by Crippen LogP contribution is 2.12. The lowest BCUT2D eigenvalue weighted by molar-refractivity contribution is 1.59. The lowest BCUT2D eigenvalue weighted by Gasteiger charge is -2.20. The minimum atomic E-state index is 0.486. The lowest BCUT2D eigenvalue weighted by atomic mass is 9.63. The first-order valence-corrected chi connectivity index (χ1v) is 5.32. The number of hydrogen-bond donors (Lipinski definition) is 0. The Hall–Kier alpha value is -1.30. The van der Waals surface area contributed by atoms with Gasteiger partial charge in [0.15, 0.2) is 0 Å². The molecular weight excluding hydrogens is 199 g/mol. The molecule has 0 saturated carbocycles. The summed E-state index contributed by atoms with van der Waals surface area (Å²) in [5.74, 6) is 0. The average molecular weight is 207 g/mol. The Labute approximate surface area is 107 Å². The van der Waals surface area contributed by atoms with Gasteiger partial charge in [-0.05, 0) is 18.1 Å². The van der Waals surface area contributed by atoms with E-state index in [1.807, 2.05) is 37.3 Å². The second-order valence-corrected chi connectivity index (χ2v) is 4.02. The van der Waals surface area contributed by atoms with Gasteiger partial charge in [0.05, 0.1) is 0 Å². The molecule has 8 radical (unpaired) electrons. The Morgan fingerprint density at radius 3 is 1.65 bits per heavy atom. The molecule has 2 aromatic carbocycles. The van der Waals surface area contributed by atoms with Crippen LogP contribution in [-0.4, -0.2) is 31.4 Å². The van der Waals surface area contributed by atoms with Crippen molar-refractivity contribution in [2.24, 2.45) is 0 Å². The highest BCUT2D eigenvalue weighted by molar-refractivity contribution is 6.60. The van der Waals surface area contributed by atoms with Crippen LogP contribution in [0.15, 0.2) is 30.3 Å². The van der Waals surface area contributed by atoms with E-state index in [2.05, 4.69) is 0 Å². The zero-order valence-corrected chi connectivity index (χ0v) is 9.70. The third kappa shape index (κ3) is 1.97. The van der Waals surface area contributed by atoms with E-state index in [-0.39, 0.29) is 0 Å². The van der Waals surface area contributed by atoms with Crippen molar-refractivity contribution in [3.63, 3.8) is 0 Å². The van der Waals surface area contributed by atoms with E-state index < -0.39 is 0 Å². The van der Waals surface area contributed by atoms with Gasteiger partial charge in [-0.25, -0.2) is 0 Å². The molecular formula is C13H8B4. The first-order chi connectivity index (χ1) is 8.04. The van der Waals surface area contributed by atoms with Gasteiger partial charge in [-0.15, -0.1) is 10.9 Å². The average Bonchev–Trinajstić information content (AvgIpc) is 2.36. The highest BCUT2D eigenvalue weighted by Gasteiger charge is 2.11. The second kappa shape index (κ2) is 4.52. The van der Waals surface area contributed by atoms with Crippen LogP contribution in [0, 0.1) is 6.92 Å². The van der Waals surface area contributed by atoms with Gasteiger partial charge in [-0.3, -0.25) is 0 Å². The van der Waals surface area contributed by atoms with Gasteiger partial charge in [0, 0.05) is 0 Å². The molecule has 2 rings (SSSR count). The zero-order chi connectivity index (χ0) is 12.6. The SMILES string of the molecule is [B]c1c([B])c(-c2ccccc2)c([B])c([B])c1C. The Bertz CT molecular complexity index is 532. The summed E-state index contributed by atoms with van der Waals surface area (Å²) < 4.78 is 0. The molecule has 0 spiro atoms. The molecule has 0 atom stereocenters. The zero-order valence-electron chi connectivity index (χ0n) is 9.70. The molecule has 4 heteroatoms. The van der Waals surface area contributed by atoms with Gasteiger partial charge >= 0.3 is 0 Å². The number of hydrogen-bond acceptors (Lipinski definition) is 0. The van der Waals surface area contributed by atoms with Gasteiger partial charge in [-0.1, -0.05) is 46.8 Å². The summed E-state index contributed by atoms with van der Waals surface area (Å²) in [4.78, 5) is 0. The smallest absolute Gasteiger partial charge is 0.101 e. The fourth-order valence-electron chi connectivity index (χ4n) is 1.88.